The summed E-state index contributed by atoms with van der Waals surface area (Å²) in [6.45, 7) is 2.77. The van der Waals surface area contributed by atoms with E-state index in [0.29, 0.717) is 5.92 Å². The highest BCUT2D eigenvalue weighted by atomic mass is 32.1. The van der Waals surface area contributed by atoms with E-state index in [0.717, 1.165) is 30.9 Å². The van der Waals surface area contributed by atoms with Gasteiger partial charge in [-0.3, -0.25) is 4.79 Å². The van der Waals surface area contributed by atoms with Gasteiger partial charge in [0.2, 0.25) is 5.91 Å². The van der Waals surface area contributed by atoms with Crippen molar-refractivity contribution in [2.24, 2.45) is 5.92 Å². The second-order valence-electron chi connectivity index (χ2n) is 4.35. The van der Waals surface area contributed by atoms with E-state index in [-0.39, 0.29) is 5.91 Å². The summed E-state index contributed by atoms with van der Waals surface area (Å²) in [5.74, 6) is 0.746. The van der Waals surface area contributed by atoms with Gasteiger partial charge in [0, 0.05) is 24.0 Å². The van der Waals surface area contributed by atoms with Crippen LogP contribution in [0, 0.1) is 5.92 Å². The molecule has 0 spiro atoms. The monoisotopic (exact) mass is 250 g/mol. The Morgan fingerprint density at radius 2 is 2.59 bits per heavy atom. The number of carbonyl (C=O) groups excluding carboxylic acids is 1. The Hall–Kier alpha value is -1.13. The molecule has 1 amide bonds. The maximum atomic E-state index is 11.9. The lowest BCUT2D eigenvalue weighted by molar-refractivity contribution is -0.125. The maximum absolute atomic E-state index is 11.9. The van der Waals surface area contributed by atoms with Gasteiger partial charge in [0.15, 0.2) is 0 Å². The minimum atomic E-state index is 0.136. The average molecular weight is 250 g/mol. The summed E-state index contributed by atoms with van der Waals surface area (Å²) in [4.78, 5) is 15.0. The van der Waals surface area contributed by atoms with Crippen molar-refractivity contribution >= 4 is 23.3 Å². The summed E-state index contributed by atoms with van der Waals surface area (Å²) in [6, 6.07) is 4.01. The summed E-state index contributed by atoms with van der Waals surface area (Å²) in [7, 11) is 1.96. The van der Waals surface area contributed by atoms with Crippen LogP contribution in [0.2, 0.25) is 0 Å². The molecule has 2 heterocycles. The summed E-state index contributed by atoms with van der Waals surface area (Å²) >= 11 is 1.65. The molecule has 1 fully saturated rings. The summed E-state index contributed by atoms with van der Waals surface area (Å²) < 4.78 is 0. The van der Waals surface area contributed by atoms with Gasteiger partial charge in [-0.05, 0) is 43.5 Å². The highest BCUT2D eigenvalue weighted by Gasteiger charge is 2.24. The predicted octanol–water partition coefficient (Wildman–Crippen LogP) is 1.83. The molecule has 0 aromatic carbocycles. The molecule has 0 aliphatic carbocycles. The number of nitrogens with zero attached hydrogens (tertiary/aromatic N) is 1. The van der Waals surface area contributed by atoms with E-state index in [1.165, 1.54) is 0 Å². The van der Waals surface area contributed by atoms with Crippen LogP contribution in [-0.2, 0) is 4.79 Å². The molecule has 1 aromatic rings. The quantitative estimate of drug-likeness (QED) is 0.827. The first kappa shape index (κ1) is 12.3. The molecule has 1 aliphatic rings. The zero-order chi connectivity index (χ0) is 12.1. The fourth-order valence-electron chi connectivity index (χ4n) is 2.13. The lowest BCUT2D eigenvalue weighted by atomic mass is 10.1. The van der Waals surface area contributed by atoms with E-state index in [1.54, 1.807) is 17.4 Å². The molecule has 1 N–H and O–H groups in total. The van der Waals surface area contributed by atoms with Crippen molar-refractivity contribution in [2.75, 3.05) is 26.7 Å². The van der Waals surface area contributed by atoms with Gasteiger partial charge >= 0.3 is 0 Å². The van der Waals surface area contributed by atoms with Gasteiger partial charge in [-0.15, -0.1) is 11.3 Å². The number of nitrogens with one attached hydrogen (secondary N) is 1. The molecule has 1 unspecified atom stereocenters. The first-order valence-electron chi connectivity index (χ1n) is 5.94. The third kappa shape index (κ3) is 3.41. The molecule has 1 atom stereocenters. The Morgan fingerprint density at radius 3 is 3.29 bits per heavy atom. The number of carbonyl (C=O) groups is 1. The maximum Gasteiger partial charge on any atom is 0.246 e. The minimum absolute atomic E-state index is 0.136. The van der Waals surface area contributed by atoms with Crippen molar-refractivity contribution < 1.29 is 4.79 Å². The van der Waals surface area contributed by atoms with Crippen molar-refractivity contribution in [3.8, 4) is 0 Å². The van der Waals surface area contributed by atoms with E-state index in [9.17, 15) is 4.79 Å². The summed E-state index contributed by atoms with van der Waals surface area (Å²) in [6.07, 6.45) is 4.70. The number of hydrogen-bond donors (Lipinski definition) is 1. The van der Waals surface area contributed by atoms with Crippen molar-refractivity contribution in [1.29, 1.82) is 0 Å². The molecule has 1 aliphatic heterocycles. The van der Waals surface area contributed by atoms with Crippen LogP contribution in [0.3, 0.4) is 0 Å². The molecular weight excluding hydrogens is 232 g/mol. The van der Waals surface area contributed by atoms with E-state index in [2.05, 4.69) is 5.32 Å². The Morgan fingerprint density at radius 1 is 1.71 bits per heavy atom. The van der Waals surface area contributed by atoms with Gasteiger partial charge in [-0.2, -0.15) is 0 Å². The first-order chi connectivity index (χ1) is 8.29. The zero-order valence-corrected chi connectivity index (χ0v) is 10.9. The van der Waals surface area contributed by atoms with E-state index in [1.807, 2.05) is 35.5 Å². The zero-order valence-electron chi connectivity index (χ0n) is 10.1. The fourth-order valence-corrected chi connectivity index (χ4v) is 2.75. The normalized spacial score (nSPS) is 20.3. The number of rotatable bonds is 4. The molecule has 2 rings (SSSR count). The van der Waals surface area contributed by atoms with Crippen LogP contribution < -0.4 is 5.32 Å². The second kappa shape index (κ2) is 5.98. The van der Waals surface area contributed by atoms with Crippen LogP contribution in [0.1, 0.15) is 11.3 Å². The van der Waals surface area contributed by atoms with Gasteiger partial charge in [0.05, 0.1) is 0 Å². The number of likely N-dealkylation sites (tertiary alicyclic amines) is 1. The van der Waals surface area contributed by atoms with Crippen LogP contribution in [-0.4, -0.2) is 37.5 Å². The predicted molar refractivity (Wildman–Crippen MR) is 72.0 cm³/mol. The number of amides is 1. The van der Waals surface area contributed by atoms with Crippen molar-refractivity contribution in [3.63, 3.8) is 0 Å². The molecule has 0 bridgehead atoms. The lowest BCUT2D eigenvalue weighted by Crippen LogP contribution is -2.28. The van der Waals surface area contributed by atoms with Crippen LogP contribution in [0.15, 0.2) is 23.6 Å². The van der Waals surface area contributed by atoms with E-state index < -0.39 is 0 Å². The average Bonchev–Trinajstić information content (AvgIpc) is 2.97. The first-order valence-corrected chi connectivity index (χ1v) is 6.82. The smallest absolute Gasteiger partial charge is 0.246 e. The topological polar surface area (TPSA) is 32.3 Å². The van der Waals surface area contributed by atoms with Gasteiger partial charge in [0.25, 0.3) is 0 Å². The molecule has 1 aromatic heterocycles. The van der Waals surface area contributed by atoms with Crippen LogP contribution in [0.25, 0.3) is 6.08 Å². The standard InChI is InChI=1S/C13H18N2OS/c1-14-9-11-6-7-15(10-11)13(16)5-4-12-3-2-8-17-12/h2-5,8,11,14H,6-7,9-10H2,1H3/b5-4+. The van der Waals surface area contributed by atoms with Crippen LogP contribution in [0.5, 0.6) is 0 Å². The molecule has 92 valence electrons. The Labute approximate surface area is 106 Å². The van der Waals surface area contributed by atoms with Crippen molar-refractivity contribution in [2.45, 2.75) is 6.42 Å². The minimum Gasteiger partial charge on any atom is -0.339 e. The van der Waals surface area contributed by atoms with Gasteiger partial charge in [0.1, 0.15) is 0 Å². The van der Waals surface area contributed by atoms with Gasteiger partial charge in [-0.1, -0.05) is 6.07 Å². The third-order valence-corrected chi connectivity index (χ3v) is 3.86. The van der Waals surface area contributed by atoms with Crippen LogP contribution in [0.4, 0.5) is 0 Å². The highest BCUT2D eigenvalue weighted by Crippen LogP contribution is 2.16. The number of hydrogen-bond acceptors (Lipinski definition) is 3. The molecular formula is C13H18N2OS. The molecule has 0 saturated carbocycles. The Kier molecular flexibility index (Phi) is 4.34. The fraction of sp³-hybridized carbons (Fsp3) is 0.462. The van der Waals surface area contributed by atoms with Gasteiger partial charge < -0.3 is 10.2 Å². The molecule has 3 nitrogen and oxygen atoms in total. The van der Waals surface area contributed by atoms with Crippen molar-refractivity contribution in [3.05, 3.63) is 28.5 Å². The summed E-state index contributed by atoms with van der Waals surface area (Å²) in [5.41, 5.74) is 0. The third-order valence-electron chi connectivity index (χ3n) is 3.02. The molecule has 4 heteroatoms. The van der Waals surface area contributed by atoms with E-state index >= 15 is 0 Å². The Balaban J connectivity index is 1.85. The second-order valence-corrected chi connectivity index (χ2v) is 5.32. The lowest BCUT2D eigenvalue weighted by Gasteiger charge is -2.14. The van der Waals surface area contributed by atoms with Crippen LogP contribution >= 0.6 is 11.3 Å². The molecule has 1 saturated heterocycles. The summed E-state index contributed by atoms with van der Waals surface area (Å²) in [5, 5.41) is 5.19. The molecule has 17 heavy (non-hydrogen) atoms. The highest BCUT2D eigenvalue weighted by molar-refractivity contribution is 7.10. The van der Waals surface area contributed by atoms with Gasteiger partial charge in [-0.25, -0.2) is 0 Å². The van der Waals surface area contributed by atoms with E-state index in [4.69, 9.17) is 0 Å². The van der Waals surface area contributed by atoms with Crippen molar-refractivity contribution in [1.82, 2.24) is 10.2 Å². The SMILES string of the molecule is CNCC1CCN(C(=O)/C=C/c2cccs2)C1. The molecule has 0 radical (unpaired) electrons. The number of thiophene rings is 1. The Bertz CT molecular complexity index is 386. The largest absolute Gasteiger partial charge is 0.339 e.